The summed E-state index contributed by atoms with van der Waals surface area (Å²) in [6, 6.07) is 16.3. The van der Waals surface area contributed by atoms with Gasteiger partial charge < -0.3 is 15.4 Å². The van der Waals surface area contributed by atoms with Gasteiger partial charge in [-0.1, -0.05) is 30.3 Å². The Hall–Kier alpha value is -2.00. The summed E-state index contributed by atoms with van der Waals surface area (Å²) < 4.78 is 5.16. The zero-order chi connectivity index (χ0) is 14.5. The number of anilines is 1. The van der Waals surface area contributed by atoms with Gasteiger partial charge in [-0.2, -0.15) is 0 Å². The minimum atomic E-state index is -0.0227. The zero-order valence-corrected chi connectivity index (χ0v) is 12.3. The molecule has 0 radical (unpaired) electrons. The van der Waals surface area contributed by atoms with Crippen LogP contribution in [-0.4, -0.2) is 20.7 Å². The van der Waals surface area contributed by atoms with Crippen molar-refractivity contribution >= 4 is 5.69 Å². The average molecular weight is 270 g/mol. The SMILES string of the molecule is COc1ccc(C(N)CN(C)c2ccccc2C)cc1. The van der Waals surface area contributed by atoms with Crippen LogP contribution in [0.5, 0.6) is 5.75 Å². The summed E-state index contributed by atoms with van der Waals surface area (Å²) in [5, 5.41) is 0. The Kier molecular flexibility index (Phi) is 4.64. The second-order valence-corrected chi connectivity index (χ2v) is 5.05. The van der Waals surface area contributed by atoms with Crippen molar-refractivity contribution in [2.45, 2.75) is 13.0 Å². The molecule has 106 valence electrons. The molecule has 0 saturated heterocycles. The number of ether oxygens (including phenoxy) is 1. The standard InChI is InChI=1S/C17H22N2O/c1-13-6-4-5-7-17(13)19(2)12-16(18)14-8-10-15(20-3)11-9-14/h4-11,16H,12,18H2,1-3H3. The molecule has 2 N–H and O–H groups in total. The third kappa shape index (κ3) is 3.31. The van der Waals surface area contributed by atoms with E-state index in [-0.39, 0.29) is 6.04 Å². The summed E-state index contributed by atoms with van der Waals surface area (Å²) in [4.78, 5) is 2.20. The van der Waals surface area contributed by atoms with Gasteiger partial charge in [0, 0.05) is 25.3 Å². The summed E-state index contributed by atoms with van der Waals surface area (Å²) in [5.74, 6) is 0.855. The maximum absolute atomic E-state index is 6.29. The molecule has 2 rings (SSSR count). The molecule has 0 aliphatic carbocycles. The minimum absolute atomic E-state index is 0.0227. The van der Waals surface area contributed by atoms with E-state index < -0.39 is 0 Å². The van der Waals surface area contributed by atoms with E-state index in [2.05, 4.69) is 43.1 Å². The monoisotopic (exact) mass is 270 g/mol. The van der Waals surface area contributed by atoms with Crippen LogP contribution in [0.4, 0.5) is 5.69 Å². The van der Waals surface area contributed by atoms with E-state index >= 15 is 0 Å². The molecule has 0 fully saturated rings. The molecule has 0 spiro atoms. The number of para-hydroxylation sites is 1. The molecule has 0 saturated carbocycles. The van der Waals surface area contributed by atoms with Crippen LogP contribution in [0, 0.1) is 6.92 Å². The highest BCUT2D eigenvalue weighted by Gasteiger charge is 2.11. The molecule has 2 aromatic rings. The number of hydrogen-bond acceptors (Lipinski definition) is 3. The fourth-order valence-electron chi connectivity index (χ4n) is 2.34. The molecule has 1 atom stereocenters. The van der Waals surface area contributed by atoms with Crippen molar-refractivity contribution in [2.75, 3.05) is 25.6 Å². The highest BCUT2D eigenvalue weighted by molar-refractivity contribution is 5.52. The van der Waals surface area contributed by atoms with Gasteiger partial charge in [0.25, 0.3) is 0 Å². The number of rotatable bonds is 5. The van der Waals surface area contributed by atoms with Gasteiger partial charge in [0.15, 0.2) is 0 Å². The Bertz CT molecular complexity index is 551. The van der Waals surface area contributed by atoms with Crippen LogP contribution in [0.15, 0.2) is 48.5 Å². The number of hydrogen-bond donors (Lipinski definition) is 1. The predicted octanol–water partition coefficient (Wildman–Crippen LogP) is 3.14. The molecule has 0 bridgehead atoms. The van der Waals surface area contributed by atoms with Crippen molar-refractivity contribution in [3.05, 3.63) is 59.7 Å². The topological polar surface area (TPSA) is 38.5 Å². The zero-order valence-electron chi connectivity index (χ0n) is 12.3. The predicted molar refractivity (Wildman–Crippen MR) is 84.4 cm³/mol. The maximum Gasteiger partial charge on any atom is 0.118 e. The van der Waals surface area contributed by atoms with Gasteiger partial charge in [-0.15, -0.1) is 0 Å². The summed E-state index contributed by atoms with van der Waals surface area (Å²) >= 11 is 0. The lowest BCUT2D eigenvalue weighted by atomic mass is 10.1. The van der Waals surface area contributed by atoms with E-state index in [1.54, 1.807) is 7.11 Å². The van der Waals surface area contributed by atoms with E-state index in [0.29, 0.717) is 0 Å². The van der Waals surface area contributed by atoms with Crippen molar-refractivity contribution in [2.24, 2.45) is 5.73 Å². The number of aryl methyl sites for hydroxylation is 1. The smallest absolute Gasteiger partial charge is 0.118 e. The fraction of sp³-hybridized carbons (Fsp3) is 0.294. The number of nitrogens with two attached hydrogens (primary N) is 1. The van der Waals surface area contributed by atoms with Crippen LogP contribution < -0.4 is 15.4 Å². The summed E-state index contributed by atoms with van der Waals surface area (Å²) in [5.41, 5.74) is 9.89. The van der Waals surface area contributed by atoms with Crippen molar-refractivity contribution in [1.29, 1.82) is 0 Å². The van der Waals surface area contributed by atoms with Crippen LogP contribution in [0.3, 0.4) is 0 Å². The molecule has 0 heterocycles. The Morgan fingerprint density at radius 2 is 1.75 bits per heavy atom. The number of methoxy groups -OCH3 is 1. The first kappa shape index (κ1) is 14.4. The van der Waals surface area contributed by atoms with E-state index in [1.165, 1.54) is 11.3 Å². The van der Waals surface area contributed by atoms with E-state index in [9.17, 15) is 0 Å². The van der Waals surface area contributed by atoms with Gasteiger partial charge in [0.05, 0.1) is 7.11 Å². The van der Waals surface area contributed by atoms with Gasteiger partial charge in [0.1, 0.15) is 5.75 Å². The third-order valence-electron chi connectivity index (χ3n) is 3.54. The van der Waals surface area contributed by atoms with Crippen LogP contribution in [0.25, 0.3) is 0 Å². The lowest BCUT2D eigenvalue weighted by molar-refractivity contribution is 0.414. The van der Waals surface area contributed by atoms with Crippen LogP contribution in [0.2, 0.25) is 0 Å². The maximum atomic E-state index is 6.29. The molecular weight excluding hydrogens is 248 g/mol. The molecule has 0 aromatic heterocycles. The van der Waals surface area contributed by atoms with Gasteiger partial charge in [-0.05, 0) is 36.2 Å². The first-order valence-corrected chi connectivity index (χ1v) is 6.78. The highest BCUT2D eigenvalue weighted by atomic mass is 16.5. The van der Waals surface area contributed by atoms with E-state index in [4.69, 9.17) is 10.5 Å². The van der Waals surface area contributed by atoms with Crippen LogP contribution in [-0.2, 0) is 0 Å². The van der Waals surface area contributed by atoms with E-state index in [1.807, 2.05) is 24.3 Å². The lowest BCUT2D eigenvalue weighted by Crippen LogP contribution is -2.29. The molecule has 3 heteroatoms. The normalized spacial score (nSPS) is 12.0. The molecule has 0 amide bonds. The Labute approximate surface area is 121 Å². The van der Waals surface area contributed by atoms with Gasteiger partial charge in [-0.3, -0.25) is 0 Å². The van der Waals surface area contributed by atoms with Gasteiger partial charge in [-0.25, -0.2) is 0 Å². The molecule has 3 nitrogen and oxygen atoms in total. The van der Waals surface area contributed by atoms with Crippen molar-refractivity contribution in [3.8, 4) is 5.75 Å². The van der Waals surface area contributed by atoms with Crippen molar-refractivity contribution < 1.29 is 4.74 Å². The van der Waals surface area contributed by atoms with Crippen molar-refractivity contribution in [1.82, 2.24) is 0 Å². The molecule has 0 aliphatic heterocycles. The highest BCUT2D eigenvalue weighted by Crippen LogP contribution is 2.21. The molecule has 0 aliphatic rings. The van der Waals surface area contributed by atoms with Gasteiger partial charge >= 0.3 is 0 Å². The largest absolute Gasteiger partial charge is 0.497 e. The van der Waals surface area contributed by atoms with Gasteiger partial charge in [0.2, 0.25) is 0 Å². The average Bonchev–Trinajstić information content (AvgIpc) is 2.47. The third-order valence-corrected chi connectivity index (χ3v) is 3.54. The van der Waals surface area contributed by atoms with Crippen molar-refractivity contribution in [3.63, 3.8) is 0 Å². The molecular formula is C17H22N2O. The summed E-state index contributed by atoms with van der Waals surface area (Å²) in [6.45, 7) is 2.89. The Morgan fingerprint density at radius 1 is 1.10 bits per heavy atom. The summed E-state index contributed by atoms with van der Waals surface area (Å²) in [7, 11) is 3.74. The Morgan fingerprint density at radius 3 is 2.35 bits per heavy atom. The molecule has 20 heavy (non-hydrogen) atoms. The number of likely N-dealkylation sites (N-methyl/N-ethyl adjacent to an activating group) is 1. The second-order valence-electron chi connectivity index (χ2n) is 5.05. The Balaban J connectivity index is 2.06. The van der Waals surface area contributed by atoms with Crippen LogP contribution >= 0.6 is 0 Å². The first-order chi connectivity index (χ1) is 9.61. The quantitative estimate of drug-likeness (QED) is 0.907. The van der Waals surface area contributed by atoms with E-state index in [0.717, 1.165) is 17.9 Å². The van der Waals surface area contributed by atoms with Crippen LogP contribution in [0.1, 0.15) is 17.2 Å². The second kappa shape index (κ2) is 6.44. The number of benzene rings is 2. The number of nitrogens with zero attached hydrogens (tertiary/aromatic N) is 1. The molecule has 1 unspecified atom stereocenters. The lowest BCUT2D eigenvalue weighted by Gasteiger charge is -2.25. The minimum Gasteiger partial charge on any atom is -0.497 e. The molecule has 2 aromatic carbocycles. The fourth-order valence-corrected chi connectivity index (χ4v) is 2.34. The first-order valence-electron chi connectivity index (χ1n) is 6.78. The summed E-state index contributed by atoms with van der Waals surface area (Å²) in [6.07, 6.45) is 0.